The van der Waals surface area contributed by atoms with E-state index in [0.29, 0.717) is 12.1 Å². The van der Waals surface area contributed by atoms with Gasteiger partial charge in [-0.3, -0.25) is 9.59 Å². The number of nitrogens with zero attached hydrogens (tertiary/aromatic N) is 1. The van der Waals surface area contributed by atoms with E-state index in [4.69, 9.17) is 0 Å². The highest BCUT2D eigenvalue weighted by molar-refractivity contribution is 6.12. The minimum Gasteiger partial charge on any atom is -0.504 e. The summed E-state index contributed by atoms with van der Waals surface area (Å²) < 4.78 is 0. The minimum atomic E-state index is -0.285. The summed E-state index contributed by atoms with van der Waals surface area (Å²) >= 11 is 0. The molecule has 2 aliphatic carbocycles. The van der Waals surface area contributed by atoms with Crippen molar-refractivity contribution in [3.8, 4) is 0 Å². The lowest BCUT2D eigenvalue weighted by atomic mass is 9.69. The zero-order chi connectivity index (χ0) is 12.6. The lowest BCUT2D eigenvalue weighted by Gasteiger charge is -2.34. The van der Waals surface area contributed by atoms with Crippen LogP contribution in [0.4, 0.5) is 0 Å². The van der Waals surface area contributed by atoms with Crippen LogP contribution >= 0.6 is 0 Å². The largest absolute Gasteiger partial charge is 0.504 e. The van der Waals surface area contributed by atoms with Crippen LogP contribution in [0.25, 0.3) is 0 Å². The number of carbonyl (C=O) groups is 2. The number of rotatable bonds is 2. The summed E-state index contributed by atoms with van der Waals surface area (Å²) in [6.07, 6.45) is 3.53. The zero-order valence-electron chi connectivity index (χ0n) is 10.4. The van der Waals surface area contributed by atoms with Gasteiger partial charge in [0.05, 0.1) is 5.57 Å². The number of hydrogen-bond donors (Lipinski definition) is 1. The summed E-state index contributed by atoms with van der Waals surface area (Å²) in [6.45, 7) is 0.347. The van der Waals surface area contributed by atoms with Crippen LogP contribution in [0.5, 0.6) is 0 Å². The lowest BCUT2D eigenvalue weighted by Crippen LogP contribution is -2.41. The van der Waals surface area contributed by atoms with E-state index in [1.165, 1.54) is 0 Å². The van der Waals surface area contributed by atoms with E-state index >= 15 is 0 Å². The minimum absolute atomic E-state index is 0.0134. The molecule has 0 amide bonds. The van der Waals surface area contributed by atoms with Crippen LogP contribution in [0.2, 0.25) is 0 Å². The molecule has 0 aromatic heterocycles. The van der Waals surface area contributed by atoms with Gasteiger partial charge in [0.15, 0.2) is 11.5 Å². The molecule has 0 bridgehead atoms. The number of hydrogen-bond acceptors (Lipinski definition) is 4. The zero-order valence-corrected chi connectivity index (χ0v) is 10.4. The normalized spacial score (nSPS) is 29.8. The molecule has 0 aromatic carbocycles. The van der Waals surface area contributed by atoms with Gasteiger partial charge in [0, 0.05) is 18.4 Å². The molecule has 17 heavy (non-hydrogen) atoms. The molecule has 0 aromatic rings. The molecular weight excluding hydrogens is 218 g/mol. The standard InChI is InChI=1S/C13H19NO3/c1-14(2)7-10-11(15)8-5-3-4-6-9(8)12(16)13(10)17/h8-9,17H,3-7H2,1-2H3. The van der Waals surface area contributed by atoms with Gasteiger partial charge in [-0.2, -0.15) is 0 Å². The number of Topliss-reactive ketones (excluding diaryl/α,β-unsaturated/α-hetero) is 2. The van der Waals surface area contributed by atoms with Crippen molar-refractivity contribution in [2.75, 3.05) is 20.6 Å². The van der Waals surface area contributed by atoms with Gasteiger partial charge in [-0.25, -0.2) is 0 Å². The van der Waals surface area contributed by atoms with E-state index in [1.54, 1.807) is 4.90 Å². The third kappa shape index (κ3) is 2.14. The number of ketones is 2. The Labute approximate surface area is 101 Å². The Hall–Kier alpha value is -1.16. The fourth-order valence-electron chi connectivity index (χ4n) is 2.89. The molecular formula is C13H19NO3. The molecule has 2 rings (SSSR count). The first kappa shape index (κ1) is 12.3. The Morgan fingerprint density at radius 2 is 1.65 bits per heavy atom. The van der Waals surface area contributed by atoms with Crippen molar-refractivity contribution in [1.82, 2.24) is 4.90 Å². The number of carbonyl (C=O) groups excluding carboxylic acids is 2. The molecule has 1 N–H and O–H groups in total. The Bertz CT molecular complexity index is 384. The molecule has 0 saturated heterocycles. The van der Waals surface area contributed by atoms with Crippen LogP contribution < -0.4 is 0 Å². The number of allylic oxidation sites excluding steroid dienone is 1. The van der Waals surface area contributed by atoms with Gasteiger partial charge in [0.2, 0.25) is 5.78 Å². The van der Waals surface area contributed by atoms with E-state index in [0.717, 1.165) is 25.7 Å². The van der Waals surface area contributed by atoms with Crippen LogP contribution in [0.3, 0.4) is 0 Å². The van der Waals surface area contributed by atoms with Crippen molar-refractivity contribution < 1.29 is 14.7 Å². The van der Waals surface area contributed by atoms with Gasteiger partial charge >= 0.3 is 0 Å². The van der Waals surface area contributed by atoms with Crippen LogP contribution in [-0.2, 0) is 9.59 Å². The highest BCUT2D eigenvalue weighted by atomic mass is 16.3. The van der Waals surface area contributed by atoms with E-state index < -0.39 is 0 Å². The van der Waals surface area contributed by atoms with Crippen molar-refractivity contribution in [2.24, 2.45) is 11.8 Å². The second kappa shape index (κ2) is 4.61. The predicted octanol–water partition coefficient (Wildman–Crippen LogP) is 1.32. The SMILES string of the molecule is CN(C)CC1=C(O)C(=O)C2CCCCC2C1=O. The van der Waals surface area contributed by atoms with Crippen LogP contribution in [0, 0.1) is 11.8 Å². The van der Waals surface area contributed by atoms with Crippen molar-refractivity contribution >= 4 is 11.6 Å². The van der Waals surface area contributed by atoms with Crippen LogP contribution in [0.15, 0.2) is 11.3 Å². The maximum atomic E-state index is 12.3. The Balaban J connectivity index is 2.33. The molecule has 4 nitrogen and oxygen atoms in total. The summed E-state index contributed by atoms with van der Waals surface area (Å²) in [4.78, 5) is 26.1. The maximum Gasteiger partial charge on any atom is 0.201 e. The fraction of sp³-hybridized carbons (Fsp3) is 0.692. The number of likely N-dealkylation sites (N-methyl/N-ethyl adjacent to an activating group) is 1. The monoisotopic (exact) mass is 237 g/mol. The average Bonchev–Trinajstić information content (AvgIpc) is 2.31. The van der Waals surface area contributed by atoms with E-state index in [1.807, 2.05) is 14.1 Å². The van der Waals surface area contributed by atoms with Crippen LogP contribution in [0.1, 0.15) is 25.7 Å². The molecule has 2 unspecified atom stereocenters. The number of aliphatic hydroxyl groups is 1. The number of aliphatic hydroxyl groups excluding tert-OH is 1. The van der Waals surface area contributed by atoms with Gasteiger partial charge in [-0.1, -0.05) is 12.8 Å². The summed E-state index contributed by atoms with van der Waals surface area (Å²) in [5.41, 5.74) is 0.308. The van der Waals surface area contributed by atoms with Crippen molar-refractivity contribution in [3.05, 3.63) is 11.3 Å². The predicted molar refractivity (Wildman–Crippen MR) is 63.7 cm³/mol. The number of fused-ring (bicyclic) bond motifs is 1. The lowest BCUT2D eigenvalue weighted by molar-refractivity contribution is -0.134. The van der Waals surface area contributed by atoms with Crippen LogP contribution in [-0.4, -0.2) is 42.2 Å². The molecule has 2 aliphatic rings. The van der Waals surface area contributed by atoms with Crippen molar-refractivity contribution in [2.45, 2.75) is 25.7 Å². The topological polar surface area (TPSA) is 57.6 Å². The average molecular weight is 237 g/mol. The molecule has 0 spiro atoms. The van der Waals surface area contributed by atoms with Crippen molar-refractivity contribution in [3.63, 3.8) is 0 Å². The molecule has 0 heterocycles. The summed E-state index contributed by atoms with van der Waals surface area (Å²) in [5, 5.41) is 9.88. The Morgan fingerprint density at radius 1 is 1.12 bits per heavy atom. The molecule has 1 fully saturated rings. The highest BCUT2D eigenvalue weighted by Crippen LogP contribution is 2.38. The third-order valence-electron chi connectivity index (χ3n) is 3.73. The summed E-state index contributed by atoms with van der Waals surface area (Å²) in [7, 11) is 3.65. The molecule has 4 heteroatoms. The maximum absolute atomic E-state index is 12.3. The van der Waals surface area contributed by atoms with Gasteiger partial charge in [0.25, 0.3) is 0 Å². The third-order valence-corrected chi connectivity index (χ3v) is 3.73. The van der Waals surface area contributed by atoms with E-state index in [-0.39, 0.29) is 29.2 Å². The van der Waals surface area contributed by atoms with Crippen molar-refractivity contribution in [1.29, 1.82) is 0 Å². The van der Waals surface area contributed by atoms with Gasteiger partial charge in [-0.15, -0.1) is 0 Å². The summed E-state index contributed by atoms with van der Waals surface area (Å²) in [5.74, 6) is -0.956. The quantitative estimate of drug-likeness (QED) is 0.787. The Morgan fingerprint density at radius 3 is 2.18 bits per heavy atom. The second-order valence-electron chi connectivity index (χ2n) is 5.29. The first-order chi connectivity index (χ1) is 8.02. The smallest absolute Gasteiger partial charge is 0.201 e. The second-order valence-corrected chi connectivity index (χ2v) is 5.29. The fourth-order valence-corrected chi connectivity index (χ4v) is 2.89. The molecule has 94 valence electrons. The highest BCUT2D eigenvalue weighted by Gasteiger charge is 2.43. The molecule has 1 saturated carbocycles. The molecule has 0 aliphatic heterocycles. The van der Waals surface area contributed by atoms with E-state index in [2.05, 4.69) is 0 Å². The first-order valence-electron chi connectivity index (χ1n) is 6.17. The van der Waals surface area contributed by atoms with Gasteiger partial charge < -0.3 is 10.0 Å². The molecule has 2 atom stereocenters. The summed E-state index contributed by atoms with van der Waals surface area (Å²) in [6, 6.07) is 0. The first-order valence-corrected chi connectivity index (χ1v) is 6.17. The van der Waals surface area contributed by atoms with Gasteiger partial charge in [-0.05, 0) is 26.9 Å². The van der Waals surface area contributed by atoms with Gasteiger partial charge in [0.1, 0.15) is 0 Å². The molecule has 0 radical (unpaired) electrons. The van der Waals surface area contributed by atoms with E-state index in [9.17, 15) is 14.7 Å². The Kier molecular flexibility index (Phi) is 3.33.